The second-order valence-corrected chi connectivity index (χ2v) is 7.60. The highest BCUT2D eigenvalue weighted by atomic mass is 19.1. The molecule has 1 aliphatic heterocycles. The van der Waals surface area contributed by atoms with Gasteiger partial charge in [0.15, 0.2) is 11.5 Å². The molecule has 1 heterocycles. The first kappa shape index (κ1) is 21.4. The summed E-state index contributed by atoms with van der Waals surface area (Å²) in [4.78, 5) is 27.1. The molecule has 0 radical (unpaired) electrons. The van der Waals surface area contributed by atoms with Gasteiger partial charge in [-0.3, -0.25) is 9.59 Å². The Hall–Kier alpha value is -3.87. The molecule has 2 amide bonds. The summed E-state index contributed by atoms with van der Waals surface area (Å²) >= 11 is 0. The third-order valence-electron chi connectivity index (χ3n) is 5.22. The Labute approximate surface area is 185 Å². The number of carbonyl (C=O) groups is 2. The number of benzene rings is 3. The summed E-state index contributed by atoms with van der Waals surface area (Å²) in [6, 6.07) is 16.4. The average Bonchev–Trinajstić information content (AvgIpc) is 2.80. The molecule has 0 unspecified atom stereocenters. The third kappa shape index (κ3) is 4.56. The van der Waals surface area contributed by atoms with Gasteiger partial charge < -0.3 is 19.7 Å². The van der Waals surface area contributed by atoms with Crippen molar-refractivity contribution >= 4 is 17.5 Å². The Morgan fingerprint density at radius 3 is 2.53 bits per heavy atom. The van der Waals surface area contributed by atoms with Crippen molar-refractivity contribution in [2.75, 3.05) is 25.6 Å². The maximum Gasteiger partial charge on any atom is 0.258 e. The fourth-order valence-corrected chi connectivity index (χ4v) is 3.48. The molecule has 1 N–H and O–H groups in total. The highest BCUT2D eigenvalue weighted by molar-refractivity contribution is 6.05. The number of ether oxygens (including phenoxy) is 2. The molecule has 32 heavy (non-hydrogen) atoms. The van der Waals surface area contributed by atoms with Gasteiger partial charge in [0, 0.05) is 24.8 Å². The van der Waals surface area contributed by atoms with Gasteiger partial charge in [-0.2, -0.15) is 0 Å². The van der Waals surface area contributed by atoms with Gasteiger partial charge in [0.05, 0.1) is 5.56 Å². The quantitative estimate of drug-likeness (QED) is 0.645. The van der Waals surface area contributed by atoms with Crippen molar-refractivity contribution in [2.24, 2.45) is 0 Å². The predicted molar refractivity (Wildman–Crippen MR) is 119 cm³/mol. The van der Waals surface area contributed by atoms with Crippen LogP contribution in [0.3, 0.4) is 0 Å². The van der Waals surface area contributed by atoms with Crippen molar-refractivity contribution in [3.05, 3.63) is 88.7 Å². The molecule has 164 valence electrons. The number of aryl methyl sites for hydroxylation is 1. The monoisotopic (exact) mass is 434 g/mol. The number of anilines is 1. The second kappa shape index (κ2) is 9.09. The van der Waals surface area contributed by atoms with Crippen molar-refractivity contribution in [3.8, 4) is 11.5 Å². The Morgan fingerprint density at radius 2 is 1.75 bits per heavy atom. The van der Waals surface area contributed by atoms with Crippen LogP contribution in [0.1, 0.15) is 31.8 Å². The van der Waals surface area contributed by atoms with Crippen LogP contribution in [0.4, 0.5) is 10.1 Å². The molecule has 0 saturated carbocycles. The lowest BCUT2D eigenvalue weighted by Gasteiger charge is -2.21. The molecule has 0 saturated heterocycles. The molecule has 0 atom stereocenters. The van der Waals surface area contributed by atoms with Crippen LogP contribution in [0.5, 0.6) is 11.5 Å². The first-order chi connectivity index (χ1) is 15.4. The Bertz CT molecular complexity index is 1180. The molecule has 3 aromatic rings. The van der Waals surface area contributed by atoms with Crippen LogP contribution in [-0.4, -0.2) is 37.0 Å². The first-order valence-electron chi connectivity index (χ1n) is 10.2. The summed E-state index contributed by atoms with van der Waals surface area (Å²) in [5, 5.41) is 2.71. The maximum atomic E-state index is 13.9. The molecular formula is C25H23FN2O4. The minimum absolute atomic E-state index is 0.0562. The number of carbonyl (C=O) groups excluding carboxylic acids is 2. The van der Waals surface area contributed by atoms with Gasteiger partial charge in [-0.05, 0) is 54.4 Å². The summed E-state index contributed by atoms with van der Waals surface area (Å²) < 4.78 is 25.1. The van der Waals surface area contributed by atoms with E-state index in [4.69, 9.17) is 9.47 Å². The lowest BCUT2D eigenvalue weighted by Crippen LogP contribution is -2.26. The highest BCUT2D eigenvalue weighted by Crippen LogP contribution is 2.31. The topological polar surface area (TPSA) is 67.9 Å². The Morgan fingerprint density at radius 1 is 1.00 bits per heavy atom. The fourth-order valence-electron chi connectivity index (χ4n) is 3.48. The van der Waals surface area contributed by atoms with Crippen molar-refractivity contribution in [1.29, 1.82) is 0 Å². The van der Waals surface area contributed by atoms with Gasteiger partial charge in [0.2, 0.25) is 0 Å². The third-order valence-corrected chi connectivity index (χ3v) is 5.22. The summed E-state index contributed by atoms with van der Waals surface area (Å²) in [6.45, 7) is 3.20. The van der Waals surface area contributed by atoms with Crippen LogP contribution >= 0.6 is 0 Å². The number of hydrogen-bond donors (Lipinski definition) is 1. The molecule has 0 fully saturated rings. The van der Waals surface area contributed by atoms with E-state index in [1.807, 2.05) is 25.1 Å². The fraction of sp³-hybridized carbons (Fsp3) is 0.200. The average molecular weight is 434 g/mol. The number of rotatable bonds is 5. The van der Waals surface area contributed by atoms with Gasteiger partial charge in [-0.1, -0.05) is 24.3 Å². The van der Waals surface area contributed by atoms with Crippen molar-refractivity contribution in [2.45, 2.75) is 13.5 Å². The maximum absolute atomic E-state index is 13.9. The largest absolute Gasteiger partial charge is 0.486 e. The zero-order chi connectivity index (χ0) is 22.7. The lowest BCUT2D eigenvalue weighted by molar-refractivity contribution is 0.0784. The smallest absolute Gasteiger partial charge is 0.258 e. The van der Waals surface area contributed by atoms with Gasteiger partial charge >= 0.3 is 0 Å². The molecular weight excluding hydrogens is 411 g/mol. The second-order valence-electron chi connectivity index (χ2n) is 7.60. The highest BCUT2D eigenvalue weighted by Gasteiger charge is 2.18. The van der Waals surface area contributed by atoms with E-state index in [1.165, 1.54) is 18.2 Å². The zero-order valence-corrected chi connectivity index (χ0v) is 17.9. The van der Waals surface area contributed by atoms with Crippen molar-refractivity contribution in [1.82, 2.24) is 4.90 Å². The molecule has 0 bridgehead atoms. The number of hydrogen-bond acceptors (Lipinski definition) is 4. The minimum Gasteiger partial charge on any atom is -0.486 e. The standard InChI is InChI=1S/C25H23FN2O4/c1-16-7-9-18(14-21(16)27-24(29)19-5-3-4-6-20(19)26)25(30)28(2)15-17-8-10-22-23(13-17)32-12-11-31-22/h3-10,13-14H,11-12,15H2,1-2H3,(H,27,29). The van der Waals surface area contributed by atoms with E-state index in [1.54, 1.807) is 36.2 Å². The van der Waals surface area contributed by atoms with Gasteiger partial charge in [0.25, 0.3) is 11.8 Å². The zero-order valence-electron chi connectivity index (χ0n) is 17.9. The molecule has 0 aromatic heterocycles. The summed E-state index contributed by atoms with van der Waals surface area (Å²) in [5.41, 5.74) is 2.49. The minimum atomic E-state index is -0.603. The number of nitrogens with one attached hydrogen (secondary N) is 1. The van der Waals surface area contributed by atoms with Crippen LogP contribution in [0.2, 0.25) is 0 Å². The molecule has 0 spiro atoms. The molecule has 4 rings (SSSR count). The van der Waals surface area contributed by atoms with Crippen LogP contribution in [0, 0.1) is 12.7 Å². The van der Waals surface area contributed by atoms with Gasteiger partial charge in [-0.15, -0.1) is 0 Å². The van der Waals surface area contributed by atoms with Crippen LogP contribution in [0.25, 0.3) is 0 Å². The number of fused-ring (bicyclic) bond motifs is 1. The van der Waals surface area contributed by atoms with E-state index in [0.717, 1.165) is 11.1 Å². The lowest BCUT2D eigenvalue weighted by atomic mass is 10.1. The number of nitrogens with zero attached hydrogens (tertiary/aromatic N) is 1. The molecule has 1 aliphatic rings. The van der Waals surface area contributed by atoms with Crippen molar-refractivity contribution in [3.63, 3.8) is 0 Å². The van der Waals surface area contributed by atoms with E-state index in [0.29, 0.717) is 42.5 Å². The molecule has 7 heteroatoms. The van der Waals surface area contributed by atoms with Gasteiger partial charge in [0.1, 0.15) is 19.0 Å². The Kier molecular flexibility index (Phi) is 6.07. The predicted octanol–water partition coefficient (Wildman–Crippen LogP) is 4.43. The van der Waals surface area contributed by atoms with E-state index >= 15 is 0 Å². The summed E-state index contributed by atoms with van der Waals surface area (Å²) in [5.74, 6) is -0.0124. The molecule has 0 aliphatic carbocycles. The van der Waals surface area contributed by atoms with Gasteiger partial charge in [-0.25, -0.2) is 4.39 Å². The van der Waals surface area contributed by atoms with Crippen LogP contribution in [-0.2, 0) is 6.54 Å². The number of halogens is 1. The molecule has 6 nitrogen and oxygen atoms in total. The van der Waals surface area contributed by atoms with Crippen LogP contribution in [0.15, 0.2) is 60.7 Å². The summed E-state index contributed by atoms with van der Waals surface area (Å²) in [6.07, 6.45) is 0. The summed E-state index contributed by atoms with van der Waals surface area (Å²) in [7, 11) is 1.70. The Balaban J connectivity index is 1.49. The first-order valence-corrected chi connectivity index (χ1v) is 10.2. The van der Waals surface area contributed by atoms with E-state index in [2.05, 4.69) is 5.32 Å². The van der Waals surface area contributed by atoms with Crippen molar-refractivity contribution < 1.29 is 23.5 Å². The van der Waals surface area contributed by atoms with E-state index in [-0.39, 0.29) is 11.5 Å². The normalized spacial score (nSPS) is 12.2. The van der Waals surface area contributed by atoms with E-state index < -0.39 is 11.7 Å². The van der Waals surface area contributed by atoms with Crippen LogP contribution < -0.4 is 14.8 Å². The number of amides is 2. The SMILES string of the molecule is Cc1ccc(C(=O)N(C)Cc2ccc3c(c2)OCCO3)cc1NC(=O)c1ccccc1F. The van der Waals surface area contributed by atoms with E-state index in [9.17, 15) is 14.0 Å². The molecule has 3 aromatic carbocycles.